The van der Waals surface area contributed by atoms with Crippen LogP contribution in [0.1, 0.15) is 33.5 Å². The second-order valence-electron chi connectivity index (χ2n) is 6.56. The average Bonchev–Trinajstić information content (AvgIpc) is 2.79. The molecule has 29 heavy (non-hydrogen) atoms. The number of methoxy groups -OCH3 is 1. The summed E-state index contributed by atoms with van der Waals surface area (Å²) in [6.45, 7) is 1.23. The van der Waals surface area contributed by atoms with E-state index in [9.17, 15) is 4.79 Å². The molecule has 3 aromatic carbocycles. The van der Waals surface area contributed by atoms with Crippen LogP contribution in [0.4, 0.5) is 0 Å². The monoisotopic (exact) mass is 384 g/mol. The SMILES string of the molecule is COCCc1ccc(C#CCCOc2ccc(C(=O)c3ccccc3)cc2)cc1. The van der Waals surface area contributed by atoms with Crippen LogP contribution >= 0.6 is 0 Å². The van der Waals surface area contributed by atoms with E-state index in [1.807, 2.05) is 54.6 Å². The molecule has 3 nitrogen and oxygen atoms in total. The highest BCUT2D eigenvalue weighted by atomic mass is 16.5. The largest absolute Gasteiger partial charge is 0.493 e. The highest BCUT2D eigenvalue weighted by Crippen LogP contribution is 2.15. The van der Waals surface area contributed by atoms with Crippen molar-refractivity contribution in [2.24, 2.45) is 0 Å². The van der Waals surface area contributed by atoms with Crippen LogP contribution in [-0.4, -0.2) is 26.1 Å². The van der Waals surface area contributed by atoms with Crippen molar-refractivity contribution in [3.8, 4) is 17.6 Å². The molecule has 0 atom stereocenters. The van der Waals surface area contributed by atoms with Gasteiger partial charge in [0.15, 0.2) is 5.78 Å². The van der Waals surface area contributed by atoms with Crippen molar-refractivity contribution in [1.29, 1.82) is 0 Å². The van der Waals surface area contributed by atoms with Gasteiger partial charge in [0.1, 0.15) is 5.75 Å². The zero-order chi connectivity index (χ0) is 20.3. The molecule has 0 radical (unpaired) electrons. The Labute approximate surface area is 172 Å². The fourth-order valence-corrected chi connectivity index (χ4v) is 2.82. The Morgan fingerprint density at radius 1 is 0.828 bits per heavy atom. The van der Waals surface area contributed by atoms with Crippen molar-refractivity contribution in [3.63, 3.8) is 0 Å². The molecule has 0 saturated carbocycles. The zero-order valence-corrected chi connectivity index (χ0v) is 16.6. The number of carbonyl (C=O) groups excluding carboxylic acids is 1. The van der Waals surface area contributed by atoms with Crippen molar-refractivity contribution >= 4 is 5.78 Å². The number of hydrogen-bond donors (Lipinski definition) is 0. The molecule has 0 bridgehead atoms. The topological polar surface area (TPSA) is 35.5 Å². The van der Waals surface area contributed by atoms with Crippen molar-refractivity contribution in [3.05, 3.63) is 101 Å². The van der Waals surface area contributed by atoms with Gasteiger partial charge in [0.25, 0.3) is 0 Å². The molecule has 0 aliphatic heterocycles. The number of ether oxygens (including phenoxy) is 2. The molecule has 0 saturated heterocycles. The summed E-state index contributed by atoms with van der Waals surface area (Å²) in [6, 6.07) is 24.7. The molecule has 3 rings (SSSR count). The first kappa shape index (κ1) is 20.4. The van der Waals surface area contributed by atoms with E-state index >= 15 is 0 Å². The third kappa shape index (κ3) is 6.34. The minimum Gasteiger partial charge on any atom is -0.493 e. The fraction of sp³-hybridized carbons (Fsp3) is 0.192. The van der Waals surface area contributed by atoms with E-state index in [0.717, 1.165) is 24.3 Å². The fourth-order valence-electron chi connectivity index (χ4n) is 2.82. The first-order valence-corrected chi connectivity index (χ1v) is 9.65. The lowest BCUT2D eigenvalue weighted by molar-refractivity contribution is 0.103. The number of ketones is 1. The molecule has 0 fully saturated rings. The molecular formula is C26H24O3. The number of benzene rings is 3. The summed E-state index contributed by atoms with van der Waals surface area (Å²) in [5.41, 5.74) is 3.57. The molecule has 146 valence electrons. The first-order valence-electron chi connectivity index (χ1n) is 9.65. The molecule has 0 aromatic heterocycles. The summed E-state index contributed by atoms with van der Waals surface area (Å²) >= 11 is 0. The predicted octanol–water partition coefficient (Wildman–Crippen LogP) is 4.93. The molecule has 0 spiro atoms. The van der Waals surface area contributed by atoms with E-state index < -0.39 is 0 Å². The average molecular weight is 384 g/mol. The van der Waals surface area contributed by atoms with Gasteiger partial charge in [-0.15, -0.1) is 0 Å². The smallest absolute Gasteiger partial charge is 0.193 e. The van der Waals surface area contributed by atoms with Crippen molar-refractivity contribution < 1.29 is 14.3 Å². The van der Waals surface area contributed by atoms with E-state index in [4.69, 9.17) is 9.47 Å². The Kier molecular flexibility index (Phi) is 7.63. The van der Waals surface area contributed by atoms with Crippen LogP contribution in [0.25, 0.3) is 0 Å². The summed E-state index contributed by atoms with van der Waals surface area (Å²) in [5.74, 6) is 7.03. The Bertz CT molecular complexity index is 962. The normalized spacial score (nSPS) is 10.1. The van der Waals surface area contributed by atoms with Gasteiger partial charge in [-0.25, -0.2) is 0 Å². The lowest BCUT2D eigenvalue weighted by Crippen LogP contribution is -2.01. The van der Waals surface area contributed by atoms with Crippen LogP contribution < -0.4 is 4.74 Å². The third-order valence-electron chi connectivity index (χ3n) is 4.43. The Morgan fingerprint density at radius 3 is 2.21 bits per heavy atom. The second kappa shape index (κ2) is 10.8. The van der Waals surface area contributed by atoms with E-state index in [-0.39, 0.29) is 5.78 Å². The first-order chi connectivity index (χ1) is 14.3. The maximum atomic E-state index is 12.4. The minimum atomic E-state index is 0.0104. The molecule has 0 amide bonds. The molecule has 0 aliphatic carbocycles. The summed E-state index contributed by atoms with van der Waals surface area (Å²) in [4.78, 5) is 12.4. The minimum absolute atomic E-state index is 0.0104. The maximum Gasteiger partial charge on any atom is 0.193 e. The maximum absolute atomic E-state index is 12.4. The van der Waals surface area contributed by atoms with Crippen molar-refractivity contribution in [2.75, 3.05) is 20.3 Å². The Balaban J connectivity index is 1.45. The quantitative estimate of drug-likeness (QED) is 0.314. The standard InChI is InChI=1S/C26H24O3/c1-28-20-18-22-12-10-21(11-13-22)7-5-6-19-29-25-16-14-24(15-17-25)26(27)23-8-3-2-4-9-23/h2-4,8-17H,6,18-20H2,1H3. The van der Waals surface area contributed by atoms with Gasteiger partial charge in [-0.05, 0) is 48.4 Å². The molecule has 3 heteroatoms. The van der Waals surface area contributed by atoms with Crippen LogP contribution in [-0.2, 0) is 11.2 Å². The van der Waals surface area contributed by atoms with Gasteiger partial charge in [0.2, 0.25) is 0 Å². The van der Waals surface area contributed by atoms with Crippen LogP contribution in [0.5, 0.6) is 5.75 Å². The molecule has 0 heterocycles. The lowest BCUT2D eigenvalue weighted by Gasteiger charge is -2.05. The van der Waals surface area contributed by atoms with Gasteiger partial charge in [-0.2, -0.15) is 0 Å². The van der Waals surface area contributed by atoms with E-state index in [1.54, 1.807) is 19.2 Å². The number of hydrogen-bond acceptors (Lipinski definition) is 3. The summed E-state index contributed by atoms with van der Waals surface area (Å²) in [5, 5.41) is 0. The molecule has 0 aliphatic rings. The van der Waals surface area contributed by atoms with Crippen LogP contribution in [0.2, 0.25) is 0 Å². The number of rotatable bonds is 8. The predicted molar refractivity (Wildman–Crippen MR) is 115 cm³/mol. The molecule has 0 N–H and O–H groups in total. The van der Waals surface area contributed by atoms with E-state index in [2.05, 4.69) is 24.0 Å². The van der Waals surface area contributed by atoms with Gasteiger partial charge in [0.05, 0.1) is 13.2 Å². The Hall–Kier alpha value is -3.35. The number of carbonyl (C=O) groups is 1. The van der Waals surface area contributed by atoms with Gasteiger partial charge in [-0.1, -0.05) is 54.3 Å². The van der Waals surface area contributed by atoms with Gasteiger partial charge in [-0.3, -0.25) is 4.79 Å². The zero-order valence-electron chi connectivity index (χ0n) is 16.6. The third-order valence-corrected chi connectivity index (χ3v) is 4.43. The van der Waals surface area contributed by atoms with E-state index in [1.165, 1.54) is 5.56 Å². The summed E-state index contributed by atoms with van der Waals surface area (Å²) in [7, 11) is 1.71. The lowest BCUT2D eigenvalue weighted by atomic mass is 10.0. The van der Waals surface area contributed by atoms with Crippen LogP contribution in [0.15, 0.2) is 78.9 Å². The van der Waals surface area contributed by atoms with Gasteiger partial charge < -0.3 is 9.47 Å². The summed E-state index contributed by atoms with van der Waals surface area (Å²) < 4.78 is 10.8. The van der Waals surface area contributed by atoms with Crippen molar-refractivity contribution in [2.45, 2.75) is 12.8 Å². The highest BCUT2D eigenvalue weighted by Gasteiger charge is 2.08. The van der Waals surface area contributed by atoms with Gasteiger partial charge in [0, 0.05) is 30.2 Å². The Morgan fingerprint density at radius 2 is 1.52 bits per heavy atom. The summed E-state index contributed by atoms with van der Waals surface area (Å²) in [6.07, 6.45) is 1.55. The second-order valence-corrected chi connectivity index (χ2v) is 6.56. The molecular weight excluding hydrogens is 360 g/mol. The van der Waals surface area contributed by atoms with E-state index in [0.29, 0.717) is 24.2 Å². The molecule has 3 aromatic rings. The highest BCUT2D eigenvalue weighted by molar-refractivity contribution is 6.08. The van der Waals surface area contributed by atoms with Crippen LogP contribution in [0.3, 0.4) is 0 Å². The van der Waals surface area contributed by atoms with Crippen molar-refractivity contribution in [1.82, 2.24) is 0 Å². The van der Waals surface area contributed by atoms with Crippen LogP contribution in [0, 0.1) is 11.8 Å². The van der Waals surface area contributed by atoms with Gasteiger partial charge >= 0.3 is 0 Å². The molecule has 0 unspecified atom stereocenters.